The van der Waals surface area contributed by atoms with Crippen molar-refractivity contribution in [2.24, 2.45) is 0 Å². The third-order valence-corrected chi connectivity index (χ3v) is 3.02. The second kappa shape index (κ2) is 4.77. The van der Waals surface area contributed by atoms with E-state index in [-0.39, 0.29) is 0 Å². The minimum Gasteiger partial charge on any atom is -0.319 e. The molecule has 0 fully saturated rings. The van der Waals surface area contributed by atoms with E-state index in [1.165, 1.54) is 16.3 Å². The highest BCUT2D eigenvalue weighted by Crippen LogP contribution is 2.20. The molecule has 2 aromatic carbocycles. The van der Waals surface area contributed by atoms with E-state index in [2.05, 4.69) is 57.6 Å². The molecule has 2 rings (SSSR count). The van der Waals surface area contributed by atoms with E-state index in [0.717, 1.165) is 17.4 Å². The predicted molar refractivity (Wildman–Crippen MR) is 69.3 cm³/mol. The summed E-state index contributed by atoms with van der Waals surface area (Å²) in [7, 11) is 1.98. The van der Waals surface area contributed by atoms with Gasteiger partial charge in [-0.25, -0.2) is 0 Å². The van der Waals surface area contributed by atoms with Crippen LogP contribution in [0.3, 0.4) is 0 Å². The van der Waals surface area contributed by atoms with E-state index in [1.807, 2.05) is 7.05 Å². The van der Waals surface area contributed by atoms with Gasteiger partial charge in [0.15, 0.2) is 0 Å². The Balaban J connectivity index is 2.34. The van der Waals surface area contributed by atoms with E-state index < -0.39 is 0 Å². The number of fused-ring (bicyclic) bond motifs is 1. The van der Waals surface area contributed by atoms with Gasteiger partial charge >= 0.3 is 0 Å². The van der Waals surface area contributed by atoms with Crippen LogP contribution in [-0.2, 0) is 6.42 Å². The largest absolute Gasteiger partial charge is 0.319 e. The van der Waals surface area contributed by atoms with Crippen LogP contribution in [0.4, 0.5) is 0 Å². The van der Waals surface area contributed by atoms with E-state index in [1.54, 1.807) is 0 Å². The topological polar surface area (TPSA) is 12.0 Å². The number of hydrogen-bond donors (Lipinski definition) is 1. The van der Waals surface area contributed by atoms with Crippen LogP contribution < -0.4 is 5.32 Å². The summed E-state index contributed by atoms with van der Waals surface area (Å²) in [6, 6.07) is 13.0. The molecule has 0 atom stereocenters. The van der Waals surface area contributed by atoms with Crippen LogP contribution in [0.2, 0.25) is 0 Å². The first-order valence-corrected chi connectivity index (χ1v) is 5.92. The van der Waals surface area contributed by atoms with Crippen molar-refractivity contribution in [3.05, 3.63) is 46.4 Å². The van der Waals surface area contributed by atoms with Crippen molar-refractivity contribution in [1.29, 1.82) is 0 Å². The smallest absolute Gasteiger partial charge is 0.0181 e. The van der Waals surface area contributed by atoms with Crippen LogP contribution in [0.25, 0.3) is 10.8 Å². The van der Waals surface area contributed by atoms with Crippen LogP contribution in [0.5, 0.6) is 0 Å². The highest BCUT2D eigenvalue weighted by Gasteiger charge is 1.97. The summed E-state index contributed by atoms with van der Waals surface area (Å²) < 4.78 is 1.14. The van der Waals surface area contributed by atoms with Crippen molar-refractivity contribution in [1.82, 2.24) is 5.32 Å². The molecule has 0 aromatic heterocycles. The van der Waals surface area contributed by atoms with Crippen molar-refractivity contribution >= 4 is 26.7 Å². The Morgan fingerprint density at radius 3 is 2.60 bits per heavy atom. The first-order chi connectivity index (χ1) is 7.29. The summed E-state index contributed by atoms with van der Waals surface area (Å²) in [5.74, 6) is 0. The number of likely N-dealkylation sites (N-methyl/N-ethyl adjacent to an activating group) is 1. The zero-order valence-electron chi connectivity index (χ0n) is 8.76. The Hall–Kier alpha value is -0.860. The van der Waals surface area contributed by atoms with Gasteiger partial charge in [0.2, 0.25) is 0 Å². The third kappa shape index (κ3) is 2.58. The number of benzene rings is 2. The molecule has 0 aliphatic carbocycles. The summed E-state index contributed by atoms with van der Waals surface area (Å²) in [6.45, 7) is 1.03. The van der Waals surface area contributed by atoms with Crippen molar-refractivity contribution in [2.45, 2.75) is 6.42 Å². The van der Waals surface area contributed by atoms with Gasteiger partial charge < -0.3 is 5.32 Å². The third-order valence-electron chi connectivity index (χ3n) is 2.53. The summed E-state index contributed by atoms with van der Waals surface area (Å²) in [6.07, 6.45) is 1.09. The van der Waals surface area contributed by atoms with Crippen LogP contribution >= 0.6 is 15.9 Å². The van der Waals surface area contributed by atoms with Gasteiger partial charge in [-0.1, -0.05) is 40.2 Å². The highest BCUT2D eigenvalue weighted by molar-refractivity contribution is 9.10. The van der Waals surface area contributed by atoms with Crippen LogP contribution in [0, 0.1) is 0 Å². The molecule has 2 heteroatoms. The van der Waals surface area contributed by atoms with E-state index >= 15 is 0 Å². The van der Waals surface area contributed by atoms with Gasteiger partial charge in [0, 0.05) is 4.47 Å². The Morgan fingerprint density at radius 2 is 1.80 bits per heavy atom. The molecule has 1 nitrogen and oxygen atoms in total. The summed E-state index contributed by atoms with van der Waals surface area (Å²) in [5, 5.41) is 5.77. The fourth-order valence-electron chi connectivity index (χ4n) is 1.69. The van der Waals surface area contributed by atoms with Gasteiger partial charge in [0.25, 0.3) is 0 Å². The molecule has 0 radical (unpaired) electrons. The molecular weight excluding hydrogens is 250 g/mol. The summed E-state index contributed by atoms with van der Waals surface area (Å²) in [4.78, 5) is 0. The van der Waals surface area contributed by atoms with E-state index in [0.29, 0.717) is 0 Å². The molecule has 0 unspecified atom stereocenters. The molecule has 0 heterocycles. The van der Waals surface area contributed by atoms with E-state index in [9.17, 15) is 0 Å². The van der Waals surface area contributed by atoms with Crippen molar-refractivity contribution in [3.63, 3.8) is 0 Å². The zero-order valence-corrected chi connectivity index (χ0v) is 10.3. The first-order valence-electron chi connectivity index (χ1n) is 5.12. The highest BCUT2D eigenvalue weighted by atomic mass is 79.9. The molecule has 0 saturated carbocycles. The van der Waals surface area contributed by atoms with Crippen molar-refractivity contribution in [3.8, 4) is 0 Å². The van der Waals surface area contributed by atoms with Crippen molar-refractivity contribution < 1.29 is 0 Å². The standard InChI is InChI=1S/C13H14BrN/c1-15-7-6-10-2-3-12-9-13(14)5-4-11(12)8-10/h2-5,8-9,15H,6-7H2,1H3. The van der Waals surface area contributed by atoms with Gasteiger partial charge in [0.1, 0.15) is 0 Å². The lowest BCUT2D eigenvalue weighted by Crippen LogP contribution is -2.10. The second-order valence-electron chi connectivity index (χ2n) is 3.68. The zero-order chi connectivity index (χ0) is 10.7. The predicted octanol–water partition coefficient (Wildman–Crippen LogP) is 3.36. The Labute approximate surface area is 98.6 Å². The van der Waals surface area contributed by atoms with Gasteiger partial charge in [-0.15, -0.1) is 0 Å². The van der Waals surface area contributed by atoms with Crippen LogP contribution in [0.1, 0.15) is 5.56 Å². The fourth-order valence-corrected chi connectivity index (χ4v) is 2.07. The number of nitrogens with one attached hydrogen (secondary N) is 1. The SMILES string of the molecule is CNCCc1ccc2cc(Br)ccc2c1. The summed E-state index contributed by atoms with van der Waals surface area (Å²) >= 11 is 3.48. The molecule has 0 saturated heterocycles. The average Bonchev–Trinajstić information content (AvgIpc) is 2.26. The normalized spacial score (nSPS) is 10.8. The lowest BCUT2D eigenvalue weighted by atomic mass is 10.1. The Morgan fingerprint density at radius 1 is 1.07 bits per heavy atom. The number of rotatable bonds is 3. The molecule has 1 N–H and O–H groups in total. The maximum atomic E-state index is 3.48. The van der Waals surface area contributed by atoms with Crippen LogP contribution in [-0.4, -0.2) is 13.6 Å². The van der Waals surface area contributed by atoms with Gasteiger partial charge in [0.05, 0.1) is 0 Å². The van der Waals surface area contributed by atoms with E-state index in [4.69, 9.17) is 0 Å². The van der Waals surface area contributed by atoms with Gasteiger partial charge in [-0.2, -0.15) is 0 Å². The molecule has 0 amide bonds. The van der Waals surface area contributed by atoms with Gasteiger partial charge in [-0.3, -0.25) is 0 Å². The lowest BCUT2D eigenvalue weighted by molar-refractivity contribution is 0.792. The van der Waals surface area contributed by atoms with Gasteiger partial charge in [-0.05, 0) is 48.5 Å². The Kier molecular flexibility index (Phi) is 3.39. The monoisotopic (exact) mass is 263 g/mol. The maximum Gasteiger partial charge on any atom is 0.0181 e. The summed E-state index contributed by atoms with van der Waals surface area (Å²) in [5.41, 5.74) is 1.39. The average molecular weight is 264 g/mol. The molecule has 2 aromatic rings. The lowest BCUT2D eigenvalue weighted by Gasteiger charge is -2.03. The number of hydrogen-bond acceptors (Lipinski definition) is 1. The maximum absolute atomic E-state index is 3.48. The first kappa shape index (κ1) is 10.7. The fraction of sp³-hybridized carbons (Fsp3) is 0.231. The molecular formula is C13H14BrN. The van der Waals surface area contributed by atoms with Crippen molar-refractivity contribution in [2.75, 3.05) is 13.6 Å². The quantitative estimate of drug-likeness (QED) is 0.896. The Bertz CT molecular complexity index is 465. The molecule has 0 aliphatic rings. The minimum absolute atomic E-state index is 1.03. The molecule has 0 bridgehead atoms. The molecule has 78 valence electrons. The minimum atomic E-state index is 1.03. The second-order valence-corrected chi connectivity index (χ2v) is 4.60. The number of halogens is 1. The molecule has 0 aliphatic heterocycles. The molecule has 15 heavy (non-hydrogen) atoms. The van der Waals surface area contributed by atoms with Crippen LogP contribution in [0.15, 0.2) is 40.9 Å². The molecule has 0 spiro atoms.